The number of hydrogen-bond acceptors (Lipinski definition) is 5. The van der Waals surface area contributed by atoms with Crippen LogP contribution in [0.3, 0.4) is 0 Å². The molecule has 2 aromatic heterocycles. The summed E-state index contributed by atoms with van der Waals surface area (Å²) in [6.45, 7) is 3.54. The Morgan fingerprint density at radius 2 is 1.84 bits per heavy atom. The summed E-state index contributed by atoms with van der Waals surface area (Å²) >= 11 is 0. The summed E-state index contributed by atoms with van der Waals surface area (Å²) < 4.78 is 5.08. The molecule has 7 nitrogen and oxygen atoms in total. The SMILES string of the molecule is CC(C)OC(=O)Nc1cccc(C(=O)c2ccc3c(/C=C/c4ccccn4)n[nH]c3c2)c1. The maximum Gasteiger partial charge on any atom is 0.411 e. The lowest BCUT2D eigenvalue weighted by molar-refractivity contribution is 0.103. The number of nitrogens with one attached hydrogen (secondary N) is 2. The minimum absolute atomic E-state index is 0.159. The monoisotopic (exact) mass is 426 g/mol. The summed E-state index contributed by atoms with van der Waals surface area (Å²) in [7, 11) is 0. The molecule has 4 rings (SSSR count). The quantitative estimate of drug-likeness (QED) is 0.407. The van der Waals surface area contributed by atoms with Crippen molar-refractivity contribution in [3.05, 3.63) is 89.4 Å². The standard InChI is InChI=1S/C25H22N4O3/c1-16(2)32-25(31)27-20-8-5-6-17(14-20)24(30)18-9-11-21-22(28-29-23(21)15-18)12-10-19-7-3-4-13-26-19/h3-16H,1-2H3,(H,27,31)(H,28,29)/b12-10+. The van der Waals surface area contributed by atoms with Crippen molar-refractivity contribution in [2.75, 3.05) is 5.32 Å². The molecule has 0 unspecified atom stereocenters. The molecule has 0 radical (unpaired) electrons. The summed E-state index contributed by atoms with van der Waals surface area (Å²) in [6, 6.07) is 17.9. The van der Waals surface area contributed by atoms with Crippen LogP contribution in [0.25, 0.3) is 23.1 Å². The topological polar surface area (TPSA) is 97.0 Å². The molecule has 0 atom stereocenters. The second kappa shape index (κ2) is 9.26. The van der Waals surface area contributed by atoms with Crippen molar-refractivity contribution in [3.63, 3.8) is 0 Å². The number of carbonyl (C=O) groups excluding carboxylic acids is 2. The minimum atomic E-state index is -0.560. The predicted molar refractivity (Wildman–Crippen MR) is 124 cm³/mol. The zero-order chi connectivity index (χ0) is 22.5. The minimum Gasteiger partial charge on any atom is -0.447 e. The van der Waals surface area contributed by atoms with Gasteiger partial charge in [0, 0.05) is 28.4 Å². The smallest absolute Gasteiger partial charge is 0.411 e. The Bertz CT molecular complexity index is 1290. The van der Waals surface area contributed by atoms with Gasteiger partial charge in [-0.1, -0.05) is 24.3 Å². The van der Waals surface area contributed by atoms with Gasteiger partial charge in [-0.15, -0.1) is 0 Å². The van der Waals surface area contributed by atoms with E-state index in [-0.39, 0.29) is 11.9 Å². The maximum atomic E-state index is 13.0. The highest BCUT2D eigenvalue weighted by Crippen LogP contribution is 2.22. The summed E-state index contributed by atoms with van der Waals surface area (Å²) in [5, 5.41) is 10.9. The number of pyridine rings is 1. The van der Waals surface area contributed by atoms with E-state index in [0.29, 0.717) is 16.8 Å². The molecule has 0 saturated carbocycles. The number of anilines is 1. The zero-order valence-corrected chi connectivity index (χ0v) is 17.7. The molecule has 2 heterocycles. The number of ether oxygens (including phenoxy) is 1. The fourth-order valence-electron chi connectivity index (χ4n) is 3.21. The molecule has 2 aromatic carbocycles. The molecule has 0 fully saturated rings. The van der Waals surface area contributed by atoms with E-state index in [9.17, 15) is 9.59 Å². The molecule has 0 aliphatic rings. The molecule has 0 spiro atoms. The molecule has 7 heteroatoms. The van der Waals surface area contributed by atoms with Crippen molar-refractivity contribution in [1.82, 2.24) is 15.2 Å². The second-order valence-electron chi connectivity index (χ2n) is 7.45. The third-order valence-corrected chi connectivity index (χ3v) is 4.67. The fraction of sp³-hybridized carbons (Fsp3) is 0.120. The van der Waals surface area contributed by atoms with Crippen LogP contribution in [0.5, 0.6) is 0 Å². The molecule has 0 bridgehead atoms. The Morgan fingerprint density at radius 1 is 1.00 bits per heavy atom. The average Bonchev–Trinajstić information content (AvgIpc) is 3.19. The van der Waals surface area contributed by atoms with Crippen LogP contribution >= 0.6 is 0 Å². The largest absolute Gasteiger partial charge is 0.447 e. The molecule has 4 aromatic rings. The highest BCUT2D eigenvalue weighted by atomic mass is 16.6. The normalized spacial score (nSPS) is 11.2. The number of ketones is 1. The number of aromatic nitrogens is 3. The highest BCUT2D eigenvalue weighted by molar-refractivity contribution is 6.11. The summed E-state index contributed by atoms with van der Waals surface area (Å²) in [4.78, 5) is 29.1. The number of hydrogen-bond donors (Lipinski definition) is 2. The average molecular weight is 426 g/mol. The van der Waals surface area contributed by atoms with Crippen LogP contribution in [0, 0.1) is 0 Å². The predicted octanol–water partition coefficient (Wildman–Crippen LogP) is 5.32. The van der Waals surface area contributed by atoms with E-state index in [1.807, 2.05) is 36.4 Å². The number of rotatable bonds is 6. The summed E-state index contributed by atoms with van der Waals surface area (Å²) in [5.41, 5.74) is 3.82. The van der Waals surface area contributed by atoms with Gasteiger partial charge < -0.3 is 4.74 Å². The van der Waals surface area contributed by atoms with Crippen LogP contribution in [-0.2, 0) is 4.74 Å². The Kier molecular flexibility index (Phi) is 6.07. The molecule has 32 heavy (non-hydrogen) atoms. The first-order valence-electron chi connectivity index (χ1n) is 10.2. The van der Waals surface area contributed by atoms with Crippen LogP contribution in [0.15, 0.2) is 66.9 Å². The van der Waals surface area contributed by atoms with Crippen molar-refractivity contribution in [3.8, 4) is 0 Å². The van der Waals surface area contributed by atoms with Crippen LogP contribution < -0.4 is 5.32 Å². The highest BCUT2D eigenvalue weighted by Gasteiger charge is 2.13. The van der Waals surface area contributed by atoms with Gasteiger partial charge in [0.25, 0.3) is 0 Å². The number of carbonyl (C=O) groups is 2. The maximum absolute atomic E-state index is 13.0. The Labute approximate surface area is 185 Å². The van der Waals surface area contributed by atoms with E-state index in [4.69, 9.17) is 4.74 Å². The summed E-state index contributed by atoms with van der Waals surface area (Å²) in [6.07, 6.45) is 4.71. The van der Waals surface area contributed by atoms with E-state index >= 15 is 0 Å². The van der Waals surface area contributed by atoms with Gasteiger partial charge in [-0.3, -0.25) is 20.2 Å². The zero-order valence-electron chi connectivity index (χ0n) is 17.7. The van der Waals surface area contributed by atoms with Gasteiger partial charge in [-0.2, -0.15) is 5.10 Å². The number of amides is 1. The van der Waals surface area contributed by atoms with Gasteiger partial charge in [0.1, 0.15) is 0 Å². The molecule has 2 N–H and O–H groups in total. The first kappa shape index (κ1) is 21.0. The fourth-order valence-corrected chi connectivity index (χ4v) is 3.21. The lowest BCUT2D eigenvalue weighted by Crippen LogP contribution is -2.18. The van der Waals surface area contributed by atoms with E-state index in [1.165, 1.54) is 0 Å². The third-order valence-electron chi connectivity index (χ3n) is 4.67. The van der Waals surface area contributed by atoms with Crippen LogP contribution in [0.4, 0.5) is 10.5 Å². The summed E-state index contributed by atoms with van der Waals surface area (Å²) in [5.74, 6) is -0.159. The Balaban J connectivity index is 1.54. The molecule has 0 aliphatic heterocycles. The third kappa shape index (κ3) is 4.89. The van der Waals surface area contributed by atoms with Gasteiger partial charge in [0.05, 0.1) is 23.0 Å². The van der Waals surface area contributed by atoms with Gasteiger partial charge in [-0.25, -0.2) is 4.79 Å². The van der Waals surface area contributed by atoms with E-state index in [0.717, 1.165) is 22.3 Å². The Morgan fingerprint density at radius 3 is 2.62 bits per heavy atom. The van der Waals surface area contributed by atoms with Gasteiger partial charge in [-0.05, 0) is 62.4 Å². The first-order chi connectivity index (χ1) is 15.5. The van der Waals surface area contributed by atoms with Crippen molar-refractivity contribution >= 4 is 40.6 Å². The molecular weight excluding hydrogens is 404 g/mol. The van der Waals surface area contributed by atoms with Crippen molar-refractivity contribution in [1.29, 1.82) is 0 Å². The number of fused-ring (bicyclic) bond motifs is 1. The number of H-pyrrole nitrogens is 1. The lowest BCUT2D eigenvalue weighted by Gasteiger charge is -2.10. The van der Waals surface area contributed by atoms with Crippen LogP contribution in [-0.4, -0.2) is 33.2 Å². The van der Waals surface area contributed by atoms with Crippen LogP contribution in [0.2, 0.25) is 0 Å². The van der Waals surface area contributed by atoms with Crippen molar-refractivity contribution in [2.24, 2.45) is 0 Å². The molecular formula is C25H22N4O3. The van der Waals surface area contributed by atoms with Gasteiger partial charge in [0.15, 0.2) is 5.78 Å². The van der Waals surface area contributed by atoms with Gasteiger partial charge in [0.2, 0.25) is 0 Å². The second-order valence-corrected chi connectivity index (χ2v) is 7.45. The first-order valence-corrected chi connectivity index (χ1v) is 10.2. The van der Waals surface area contributed by atoms with Crippen LogP contribution in [0.1, 0.15) is 41.2 Å². The number of benzene rings is 2. The van der Waals surface area contributed by atoms with E-state index in [2.05, 4.69) is 20.5 Å². The molecule has 160 valence electrons. The van der Waals surface area contributed by atoms with Gasteiger partial charge >= 0.3 is 6.09 Å². The van der Waals surface area contributed by atoms with Crippen molar-refractivity contribution < 1.29 is 14.3 Å². The number of aromatic amines is 1. The number of nitrogens with zero attached hydrogens (tertiary/aromatic N) is 2. The Hall–Kier alpha value is -4.26. The lowest BCUT2D eigenvalue weighted by atomic mass is 10.0. The van der Waals surface area contributed by atoms with Crippen molar-refractivity contribution in [2.45, 2.75) is 20.0 Å². The molecule has 1 amide bonds. The molecule has 0 aliphatic carbocycles. The van der Waals surface area contributed by atoms with E-state index < -0.39 is 6.09 Å². The van der Waals surface area contributed by atoms with E-state index in [1.54, 1.807) is 56.4 Å². The molecule has 0 saturated heterocycles.